The predicted octanol–water partition coefficient (Wildman–Crippen LogP) is 1.62. The molecule has 1 aromatic rings. The van der Waals surface area contributed by atoms with Gasteiger partial charge in [-0.05, 0) is 12.1 Å². The van der Waals surface area contributed by atoms with Crippen molar-refractivity contribution in [2.45, 2.75) is 6.17 Å². The van der Waals surface area contributed by atoms with Gasteiger partial charge in [-0.1, -0.05) is 0 Å². The smallest absolute Gasteiger partial charge is 0.211 e. The average molecular weight is 136 g/mol. The lowest BCUT2D eigenvalue weighted by Gasteiger charge is -1.95. The van der Waals surface area contributed by atoms with Gasteiger partial charge in [0.05, 0.1) is 0 Å². The van der Waals surface area contributed by atoms with Crippen LogP contribution in [0.1, 0.15) is 11.7 Å². The van der Waals surface area contributed by atoms with Gasteiger partial charge in [-0.2, -0.15) is 5.26 Å². The molecule has 0 radical (unpaired) electrons. The molecule has 1 unspecified atom stereocenters. The number of nitrogens with zero attached hydrogens (tertiary/aromatic N) is 2. The van der Waals surface area contributed by atoms with Gasteiger partial charge in [0.2, 0.25) is 6.17 Å². The highest BCUT2D eigenvalue weighted by atomic mass is 19.1. The van der Waals surface area contributed by atoms with Crippen molar-refractivity contribution in [1.82, 2.24) is 4.98 Å². The minimum Gasteiger partial charge on any atom is -0.265 e. The van der Waals surface area contributed by atoms with Gasteiger partial charge in [0.1, 0.15) is 6.07 Å². The quantitative estimate of drug-likeness (QED) is 0.588. The second-order valence-electron chi connectivity index (χ2n) is 1.77. The Morgan fingerprint density at radius 2 is 2.10 bits per heavy atom. The van der Waals surface area contributed by atoms with Gasteiger partial charge in [-0.25, -0.2) is 4.39 Å². The lowest BCUT2D eigenvalue weighted by molar-refractivity contribution is 0.423. The molecule has 0 aliphatic rings. The van der Waals surface area contributed by atoms with E-state index in [2.05, 4.69) is 4.98 Å². The Bertz CT molecular complexity index is 240. The highest BCUT2D eigenvalue weighted by Crippen LogP contribution is 2.13. The normalized spacial score (nSPS) is 12.0. The van der Waals surface area contributed by atoms with Crippen molar-refractivity contribution < 1.29 is 4.39 Å². The largest absolute Gasteiger partial charge is 0.265 e. The summed E-state index contributed by atoms with van der Waals surface area (Å²) in [6.45, 7) is 0. The second kappa shape index (κ2) is 2.92. The van der Waals surface area contributed by atoms with E-state index < -0.39 is 6.17 Å². The van der Waals surface area contributed by atoms with E-state index in [0.29, 0.717) is 5.56 Å². The SMILES string of the molecule is N#CC(F)c1ccncc1. The van der Waals surface area contributed by atoms with Crippen molar-refractivity contribution in [3.63, 3.8) is 0 Å². The Kier molecular flexibility index (Phi) is 1.96. The summed E-state index contributed by atoms with van der Waals surface area (Å²) in [6, 6.07) is 4.45. The second-order valence-corrected chi connectivity index (χ2v) is 1.77. The zero-order chi connectivity index (χ0) is 7.40. The van der Waals surface area contributed by atoms with Crippen LogP contribution in [0.3, 0.4) is 0 Å². The number of pyridine rings is 1. The molecule has 0 N–H and O–H groups in total. The van der Waals surface area contributed by atoms with Crippen LogP contribution in [-0.4, -0.2) is 4.98 Å². The molecule has 0 spiro atoms. The Morgan fingerprint density at radius 1 is 1.50 bits per heavy atom. The van der Waals surface area contributed by atoms with Gasteiger partial charge in [0, 0.05) is 18.0 Å². The summed E-state index contributed by atoms with van der Waals surface area (Å²) in [5, 5.41) is 8.14. The van der Waals surface area contributed by atoms with Gasteiger partial charge < -0.3 is 0 Å². The molecule has 2 nitrogen and oxygen atoms in total. The molecule has 0 aromatic carbocycles. The minimum atomic E-state index is -1.52. The summed E-state index contributed by atoms with van der Waals surface area (Å²) in [5.74, 6) is 0. The van der Waals surface area contributed by atoms with Gasteiger partial charge in [-0.3, -0.25) is 4.98 Å². The fourth-order valence-electron chi connectivity index (χ4n) is 0.607. The van der Waals surface area contributed by atoms with Crippen molar-refractivity contribution in [2.75, 3.05) is 0 Å². The van der Waals surface area contributed by atoms with E-state index in [-0.39, 0.29) is 0 Å². The molecular weight excluding hydrogens is 131 g/mol. The monoisotopic (exact) mass is 136 g/mol. The lowest BCUT2D eigenvalue weighted by Crippen LogP contribution is -1.86. The molecule has 0 aliphatic carbocycles. The van der Waals surface area contributed by atoms with Gasteiger partial charge in [-0.15, -0.1) is 0 Å². The zero-order valence-corrected chi connectivity index (χ0v) is 5.16. The van der Waals surface area contributed by atoms with E-state index in [1.165, 1.54) is 30.6 Å². The number of rotatable bonds is 1. The minimum absolute atomic E-state index is 0.359. The van der Waals surface area contributed by atoms with Gasteiger partial charge in [0.15, 0.2) is 0 Å². The van der Waals surface area contributed by atoms with E-state index in [1.54, 1.807) is 0 Å². The van der Waals surface area contributed by atoms with Crippen LogP contribution in [-0.2, 0) is 0 Å². The first kappa shape index (κ1) is 6.69. The van der Waals surface area contributed by atoms with Gasteiger partial charge >= 0.3 is 0 Å². The van der Waals surface area contributed by atoms with Crippen molar-refractivity contribution >= 4 is 0 Å². The van der Waals surface area contributed by atoms with Crippen LogP contribution in [0.2, 0.25) is 0 Å². The summed E-state index contributed by atoms with van der Waals surface area (Å²) in [7, 11) is 0. The van der Waals surface area contributed by atoms with Crippen molar-refractivity contribution in [2.24, 2.45) is 0 Å². The molecule has 0 saturated carbocycles. The standard InChI is InChI=1S/C7H5FN2/c8-7(5-9)6-1-3-10-4-2-6/h1-4,7H. The Balaban J connectivity index is 2.88. The summed E-state index contributed by atoms with van der Waals surface area (Å²) in [4.78, 5) is 3.69. The maximum atomic E-state index is 12.5. The molecule has 0 aliphatic heterocycles. The molecule has 3 heteroatoms. The summed E-state index contributed by atoms with van der Waals surface area (Å²) < 4.78 is 12.5. The third-order valence-electron chi connectivity index (χ3n) is 1.11. The van der Waals surface area contributed by atoms with Crippen molar-refractivity contribution in [3.8, 4) is 6.07 Å². The molecule has 10 heavy (non-hydrogen) atoms. The highest BCUT2D eigenvalue weighted by Gasteiger charge is 2.04. The lowest BCUT2D eigenvalue weighted by atomic mass is 10.2. The topological polar surface area (TPSA) is 36.7 Å². The van der Waals surface area contributed by atoms with Crippen molar-refractivity contribution in [3.05, 3.63) is 30.1 Å². The van der Waals surface area contributed by atoms with E-state index in [1.807, 2.05) is 0 Å². The number of nitriles is 1. The van der Waals surface area contributed by atoms with E-state index in [0.717, 1.165) is 0 Å². The third-order valence-corrected chi connectivity index (χ3v) is 1.11. The van der Waals surface area contributed by atoms with Crippen molar-refractivity contribution in [1.29, 1.82) is 5.26 Å². The van der Waals surface area contributed by atoms with E-state index in [4.69, 9.17) is 5.26 Å². The molecule has 0 bridgehead atoms. The number of alkyl halides is 1. The molecule has 1 rings (SSSR count). The Hall–Kier alpha value is -1.43. The van der Waals surface area contributed by atoms with Crippen LogP contribution in [0.25, 0.3) is 0 Å². The number of hydrogen-bond acceptors (Lipinski definition) is 2. The van der Waals surface area contributed by atoms with Crippen LogP contribution < -0.4 is 0 Å². The molecule has 1 aromatic heterocycles. The maximum absolute atomic E-state index is 12.5. The molecule has 0 amide bonds. The van der Waals surface area contributed by atoms with E-state index in [9.17, 15) is 4.39 Å². The fraction of sp³-hybridized carbons (Fsp3) is 0.143. The number of halogens is 1. The predicted molar refractivity (Wildman–Crippen MR) is 33.7 cm³/mol. The Morgan fingerprint density at radius 3 is 2.60 bits per heavy atom. The molecule has 1 heterocycles. The molecular formula is C7H5FN2. The molecule has 1 atom stereocenters. The summed E-state index contributed by atoms with van der Waals surface area (Å²) >= 11 is 0. The maximum Gasteiger partial charge on any atom is 0.211 e. The Labute approximate surface area is 57.9 Å². The number of aromatic nitrogens is 1. The molecule has 0 saturated heterocycles. The first-order valence-corrected chi connectivity index (χ1v) is 2.78. The third kappa shape index (κ3) is 1.29. The molecule has 0 fully saturated rings. The zero-order valence-electron chi connectivity index (χ0n) is 5.16. The summed E-state index contributed by atoms with van der Waals surface area (Å²) in [6.07, 6.45) is 1.39. The number of hydrogen-bond donors (Lipinski definition) is 0. The molecule has 50 valence electrons. The van der Waals surface area contributed by atoms with Crippen LogP contribution >= 0.6 is 0 Å². The summed E-state index contributed by atoms with van der Waals surface area (Å²) in [5.41, 5.74) is 0.359. The fourth-order valence-corrected chi connectivity index (χ4v) is 0.607. The first-order valence-electron chi connectivity index (χ1n) is 2.78. The van der Waals surface area contributed by atoms with Crippen LogP contribution in [0.15, 0.2) is 24.5 Å². The van der Waals surface area contributed by atoms with Crippen LogP contribution in [0.4, 0.5) is 4.39 Å². The van der Waals surface area contributed by atoms with Crippen LogP contribution in [0.5, 0.6) is 0 Å². The van der Waals surface area contributed by atoms with Crippen LogP contribution in [0, 0.1) is 11.3 Å². The first-order chi connectivity index (χ1) is 4.84. The van der Waals surface area contributed by atoms with E-state index >= 15 is 0 Å². The highest BCUT2D eigenvalue weighted by molar-refractivity contribution is 5.18. The van der Waals surface area contributed by atoms with Gasteiger partial charge in [0.25, 0.3) is 0 Å². The average Bonchev–Trinajstić information content (AvgIpc) is 2.05.